The molecule has 5 aromatic rings. The van der Waals surface area contributed by atoms with E-state index in [1.165, 1.54) is 42.1 Å². The van der Waals surface area contributed by atoms with Gasteiger partial charge in [-0.2, -0.15) is 18.3 Å². The zero-order valence-electron chi connectivity index (χ0n) is 38.2. The molecule has 0 spiro atoms. The molecule has 5 fully saturated rings. The van der Waals surface area contributed by atoms with E-state index in [9.17, 15) is 42.3 Å². The number of morpholine rings is 2. The van der Waals surface area contributed by atoms with Crippen LogP contribution in [0, 0.1) is 11.8 Å². The molecule has 0 unspecified atom stereocenters. The van der Waals surface area contributed by atoms with Gasteiger partial charge in [-0.1, -0.05) is 11.6 Å². The molecule has 0 aliphatic carbocycles. The number of rotatable bonds is 11. The van der Waals surface area contributed by atoms with E-state index in [0.717, 1.165) is 36.7 Å². The molecule has 5 saturated heterocycles. The van der Waals surface area contributed by atoms with Gasteiger partial charge in [0, 0.05) is 127 Å². The van der Waals surface area contributed by atoms with E-state index in [1.807, 2.05) is 0 Å². The quantitative estimate of drug-likeness (QED) is 0.121. The number of imidazole rings is 1. The van der Waals surface area contributed by atoms with E-state index in [4.69, 9.17) is 16.3 Å². The van der Waals surface area contributed by atoms with E-state index in [1.54, 1.807) is 20.8 Å². The number of hydrogen-bond donors (Lipinski definition) is 5. The van der Waals surface area contributed by atoms with Crippen LogP contribution in [0.5, 0.6) is 0 Å². The number of piperidine rings is 1. The number of alkyl halides is 3. The van der Waals surface area contributed by atoms with E-state index in [-0.39, 0.29) is 94.7 Å². The summed E-state index contributed by atoms with van der Waals surface area (Å²) < 4.78 is 52.3. The van der Waals surface area contributed by atoms with Gasteiger partial charge in [0.05, 0.1) is 65.4 Å². The number of piperazine rings is 1. The van der Waals surface area contributed by atoms with Gasteiger partial charge in [-0.3, -0.25) is 19.2 Å². The minimum absolute atomic E-state index is 0.0245. The molecule has 24 heteroatoms. The Kier molecular flexibility index (Phi) is 12.7. The van der Waals surface area contributed by atoms with Gasteiger partial charge in [0.15, 0.2) is 23.9 Å². The first-order chi connectivity index (χ1) is 33.5. The average Bonchev–Trinajstić information content (AvgIpc) is 4.06. The van der Waals surface area contributed by atoms with Gasteiger partial charge in [-0.15, -0.1) is 0 Å². The van der Waals surface area contributed by atoms with Gasteiger partial charge in [-0.25, -0.2) is 19.4 Å². The van der Waals surface area contributed by atoms with Crippen molar-refractivity contribution in [2.45, 2.75) is 31.2 Å². The smallest absolute Gasteiger partial charge is 0.435 e. The number of carbonyl (C=O) groups excluding carboxylic acids is 4. The van der Waals surface area contributed by atoms with E-state index in [0.29, 0.717) is 92.2 Å². The number of nitrogens with one attached hydrogen (secondary N) is 4. The van der Waals surface area contributed by atoms with Crippen molar-refractivity contribution in [3.8, 4) is 17.1 Å². The molecule has 20 nitrogen and oxygen atoms in total. The first-order valence-corrected chi connectivity index (χ1v) is 23.7. The van der Waals surface area contributed by atoms with E-state index < -0.39 is 23.7 Å². The normalized spacial score (nSPS) is 23.0. The number of aromatic amines is 1. The fraction of sp³-hybridized carbons (Fsp3) is 0.478. The number of anilines is 1. The molecule has 2 bridgehead atoms. The number of fused-ring (bicyclic) bond motifs is 3. The maximum Gasteiger partial charge on any atom is 0.435 e. The average molecular weight is 991 g/mol. The van der Waals surface area contributed by atoms with Crippen LogP contribution in [0.1, 0.15) is 50.0 Å². The Bertz CT molecular complexity index is 2850. The van der Waals surface area contributed by atoms with Crippen molar-refractivity contribution in [3.63, 3.8) is 0 Å². The third kappa shape index (κ3) is 9.46. The lowest BCUT2D eigenvalue weighted by Gasteiger charge is -2.46. The Morgan fingerprint density at radius 1 is 0.900 bits per heavy atom. The van der Waals surface area contributed by atoms with Crippen LogP contribution in [-0.4, -0.2) is 187 Å². The second-order valence-corrected chi connectivity index (χ2v) is 19.4. The Hall–Kier alpha value is -6.40. The number of likely N-dealkylation sites (tertiary alicyclic amines) is 1. The van der Waals surface area contributed by atoms with E-state index in [2.05, 4.69) is 36.0 Å². The predicted octanol–water partition coefficient (Wildman–Crippen LogP) is 2.70. The molecule has 10 rings (SSSR count). The van der Waals surface area contributed by atoms with E-state index >= 15 is 0 Å². The highest BCUT2D eigenvalue weighted by molar-refractivity contribution is 6.34. The highest BCUT2D eigenvalue weighted by Crippen LogP contribution is 2.37. The molecule has 0 saturated carbocycles. The molecule has 5 aliphatic rings. The van der Waals surface area contributed by atoms with Gasteiger partial charge in [-0.05, 0) is 24.3 Å². The van der Waals surface area contributed by atoms with Gasteiger partial charge >= 0.3 is 12.1 Å². The molecule has 0 radical (unpaired) electrons. The Morgan fingerprint density at radius 2 is 1.60 bits per heavy atom. The fourth-order valence-electron chi connectivity index (χ4n) is 10.5. The molecule has 2 atom stereocenters. The van der Waals surface area contributed by atoms with Crippen molar-refractivity contribution in [2.24, 2.45) is 18.9 Å². The number of aromatic nitrogens is 6. The number of carboxylic acid groups (broad SMARTS) is 1. The number of amides is 4. The number of ether oxygens (including phenoxy) is 1. The third-order valence-corrected chi connectivity index (χ3v) is 14.6. The highest BCUT2D eigenvalue weighted by Gasteiger charge is 2.43. The molecule has 4 aromatic heterocycles. The molecule has 4 amide bonds. The zero-order chi connectivity index (χ0) is 49.1. The van der Waals surface area contributed by atoms with Crippen LogP contribution in [0.3, 0.4) is 0 Å². The Morgan fingerprint density at radius 3 is 2.26 bits per heavy atom. The summed E-state index contributed by atoms with van der Waals surface area (Å²) in [5, 5.41) is 23.3. The molecule has 1 aromatic carbocycles. The SMILES string of the molecule is Cn1c(-c2cn(-c3cc4[nH]c(C(=O)N5C[C@H]6CNC[C@@H](C5)O6)cc4cn3)nc2C(F)(F)F)cnc1C(=O)Nc1ccc(C(=O)N2CCN(C(=O)C3CC[N+](CC(=O)O)(CC4CNC4)CC3)CC2)c(Cl)c1. The summed E-state index contributed by atoms with van der Waals surface area (Å²) in [6.07, 6.45) is -0.168. The Balaban J connectivity index is 0.768. The summed E-state index contributed by atoms with van der Waals surface area (Å²) in [6.45, 7) is 7.28. The van der Waals surface area contributed by atoms with Crippen molar-refractivity contribution in [3.05, 3.63) is 76.7 Å². The number of carbonyl (C=O) groups is 5. The number of nitrogens with zero attached hydrogens (tertiary/aromatic N) is 9. The highest BCUT2D eigenvalue weighted by atomic mass is 35.5. The summed E-state index contributed by atoms with van der Waals surface area (Å²) in [5.74, 6) is -2.07. The van der Waals surface area contributed by atoms with Crippen molar-refractivity contribution in [2.75, 3.05) is 96.9 Å². The number of carboxylic acids is 1. The predicted molar refractivity (Wildman–Crippen MR) is 246 cm³/mol. The van der Waals surface area contributed by atoms with Crippen LogP contribution >= 0.6 is 11.6 Å². The molecule has 5 aliphatic heterocycles. The first kappa shape index (κ1) is 47.3. The third-order valence-electron chi connectivity index (χ3n) is 14.2. The van der Waals surface area contributed by atoms with Crippen LogP contribution in [-0.2, 0) is 27.5 Å². The van der Waals surface area contributed by atoms with Crippen LogP contribution in [0.25, 0.3) is 28.0 Å². The summed E-state index contributed by atoms with van der Waals surface area (Å²) in [4.78, 5) is 82.7. The molecule has 70 heavy (non-hydrogen) atoms. The number of quaternary nitrogens is 1. The molecule has 9 heterocycles. The number of halogens is 4. The number of aliphatic carboxylic acids is 1. The largest absolute Gasteiger partial charge is 0.477 e. The van der Waals surface area contributed by atoms with Gasteiger partial charge < -0.3 is 54.5 Å². The lowest BCUT2D eigenvalue weighted by atomic mass is 9.90. The minimum Gasteiger partial charge on any atom is -0.477 e. The molecular weight excluding hydrogens is 939 g/mol. The molecule has 5 N–H and O–H groups in total. The zero-order valence-corrected chi connectivity index (χ0v) is 38.9. The molecular formula is C46H52ClF3N13O7+. The van der Waals surface area contributed by atoms with Crippen molar-refractivity contribution in [1.29, 1.82) is 0 Å². The second kappa shape index (κ2) is 18.7. The minimum atomic E-state index is -4.90. The van der Waals surface area contributed by atoms with Crippen LogP contribution in [0.2, 0.25) is 5.02 Å². The van der Waals surface area contributed by atoms with Crippen LogP contribution < -0.4 is 16.0 Å². The van der Waals surface area contributed by atoms with Crippen LogP contribution in [0.15, 0.2) is 48.9 Å². The van der Waals surface area contributed by atoms with Gasteiger partial charge in [0.1, 0.15) is 5.69 Å². The van der Waals surface area contributed by atoms with Crippen molar-refractivity contribution in [1.82, 2.24) is 54.6 Å². The fourth-order valence-corrected chi connectivity index (χ4v) is 10.8. The number of benzene rings is 1. The topological polar surface area (TPSA) is 225 Å². The Labute approximate surface area is 403 Å². The van der Waals surface area contributed by atoms with Gasteiger partial charge in [0.25, 0.3) is 17.7 Å². The maximum atomic E-state index is 14.6. The van der Waals surface area contributed by atoms with Crippen molar-refractivity contribution >= 4 is 57.8 Å². The molecule has 370 valence electrons. The number of H-pyrrole nitrogens is 1. The lowest BCUT2D eigenvalue weighted by Crippen LogP contribution is -2.62. The summed E-state index contributed by atoms with van der Waals surface area (Å²) in [6, 6.07) is 7.50. The second-order valence-electron chi connectivity index (χ2n) is 19.0. The van der Waals surface area contributed by atoms with Crippen molar-refractivity contribution < 1.29 is 51.5 Å². The lowest BCUT2D eigenvalue weighted by molar-refractivity contribution is -0.929. The maximum absolute atomic E-state index is 14.6. The van der Waals surface area contributed by atoms with Crippen LogP contribution in [0.4, 0.5) is 18.9 Å². The summed E-state index contributed by atoms with van der Waals surface area (Å²) >= 11 is 6.61. The monoisotopic (exact) mass is 990 g/mol. The number of pyridine rings is 1. The first-order valence-electron chi connectivity index (χ1n) is 23.3. The summed E-state index contributed by atoms with van der Waals surface area (Å²) in [5.41, 5.74) is -0.490. The van der Waals surface area contributed by atoms with Gasteiger partial charge in [0.2, 0.25) is 5.91 Å². The standard InChI is InChI=1S/C46H51ClF3N13O7/c1-58-37(33-23-62(57-40(33)46(48,49)50)38-14-35-28(17-53-38)12-36(56-35)45(69)61-21-30-18-52-19-31(22-61)70-30)20-54-41(58)42(66)55-29-2-3-32(34(47)13-29)44(68)60-8-6-59(7-9-60)43(67)27-4-10-63(11-5-27,25-39(64)65)24-26-15-51-16-26/h2-3,12-14,17,20,23,26-27,30-31,51-52H,4-11,15-16,18-19,21-22,24-25H2,1H3,(H2-,53,55,56,64,65,66,68,69)/p+1/t27?,30-,31+,63?. The summed E-state index contributed by atoms with van der Waals surface area (Å²) in [7, 11) is 1.40. The number of hydrogen-bond acceptors (Lipinski definition) is 11.